The largest absolute Gasteiger partial charge is 0.481 e. The van der Waals surface area contributed by atoms with E-state index in [9.17, 15) is 9.90 Å². The van der Waals surface area contributed by atoms with Gasteiger partial charge < -0.3 is 10.0 Å². The molecule has 15 heavy (non-hydrogen) atoms. The first kappa shape index (κ1) is 10.9. The van der Waals surface area contributed by atoms with E-state index in [2.05, 4.69) is 18.7 Å². The summed E-state index contributed by atoms with van der Waals surface area (Å²) in [5.41, 5.74) is -0.409. The minimum absolute atomic E-state index is 0.0125. The van der Waals surface area contributed by atoms with E-state index in [4.69, 9.17) is 0 Å². The van der Waals surface area contributed by atoms with Gasteiger partial charge in [-0.3, -0.25) is 4.79 Å². The van der Waals surface area contributed by atoms with E-state index >= 15 is 0 Å². The van der Waals surface area contributed by atoms with Crippen LogP contribution in [0.1, 0.15) is 39.5 Å². The molecule has 0 amide bonds. The van der Waals surface area contributed by atoms with Crippen molar-refractivity contribution in [2.24, 2.45) is 10.8 Å². The van der Waals surface area contributed by atoms with Crippen LogP contribution in [0.15, 0.2) is 0 Å². The maximum Gasteiger partial charge on any atom is 0.310 e. The van der Waals surface area contributed by atoms with Crippen LogP contribution < -0.4 is 0 Å². The van der Waals surface area contributed by atoms with Crippen LogP contribution in [0.2, 0.25) is 0 Å². The van der Waals surface area contributed by atoms with Crippen LogP contribution in [0, 0.1) is 10.8 Å². The van der Waals surface area contributed by atoms with Crippen LogP contribution >= 0.6 is 0 Å². The molecule has 2 fully saturated rings. The molecule has 0 aromatic rings. The monoisotopic (exact) mass is 211 g/mol. The van der Waals surface area contributed by atoms with Crippen molar-refractivity contribution in [3.63, 3.8) is 0 Å². The lowest BCUT2D eigenvalue weighted by Gasteiger charge is -2.20. The van der Waals surface area contributed by atoms with Crippen molar-refractivity contribution in [2.75, 3.05) is 19.6 Å². The highest BCUT2D eigenvalue weighted by atomic mass is 16.4. The Kier molecular flexibility index (Phi) is 2.53. The van der Waals surface area contributed by atoms with E-state index in [-0.39, 0.29) is 5.41 Å². The molecule has 1 aliphatic heterocycles. The molecule has 3 heteroatoms. The van der Waals surface area contributed by atoms with Gasteiger partial charge in [-0.25, -0.2) is 0 Å². The minimum Gasteiger partial charge on any atom is -0.481 e. The molecular formula is C12H21NO2. The van der Waals surface area contributed by atoms with Crippen molar-refractivity contribution < 1.29 is 9.90 Å². The number of hydrogen-bond donors (Lipinski definition) is 1. The first-order valence-electron chi connectivity index (χ1n) is 5.94. The fourth-order valence-electron chi connectivity index (χ4n) is 2.96. The fraction of sp³-hybridized carbons (Fsp3) is 0.917. The average Bonchev–Trinajstić information content (AvgIpc) is 2.57. The highest BCUT2D eigenvalue weighted by Gasteiger charge is 2.66. The Labute approximate surface area is 91.5 Å². The second-order valence-corrected chi connectivity index (χ2v) is 5.75. The molecule has 0 aromatic heterocycles. The molecule has 2 aliphatic rings. The molecular weight excluding hydrogens is 190 g/mol. The van der Waals surface area contributed by atoms with Gasteiger partial charge in [0, 0.05) is 0 Å². The molecule has 1 heterocycles. The van der Waals surface area contributed by atoms with Gasteiger partial charge in [-0.15, -0.1) is 0 Å². The lowest BCUT2D eigenvalue weighted by Crippen LogP contribution is -2.28. The molecule has 0 aromatic carbocycles. The highest BCUT2D eigenvalue weighted by molar-refractivity contribution is 5.79. The van der Waals surface area contributed by atoms with Crippen molar-refractivity contribution in [1.29, 1.82) is 0 Å². The second kappa shape index (κ2) is 3.48. The summed E-state index contributed by atoms with van der Waals surface area (Å²) < 4.78 is 0. The number of carbonyl (C=O) groups is 1. The third-order valence-electron chi connectivity index (χ3n) is 4.38. The van der Waals surface area contributed by atoms with Gasteiger partial charge in [0.15, 0.2) is 0 Å². The molecule has 86 valence electrons. The molecule has 0 bridgehead atoms. The van der Waals surface area contributed by atoms with E-state index in [0.717, 1.165) is 32.5 Å². The van der Waals surface area contributed by atoms with Crippen LogP contribution in [0.3, 0.4) is 0 Å². The first-order chi connectivity index (χ1) is 6.98. The first-order valence-corrected chi connectivity index (χ1v) is 5.94. The summed E-state index contributed by atoms with van der Waals surface area (Å²) in [6.45, 7) is 7.44. The van der Waals surface area contributed by atoms with Gasteiger partial charge in [-0.05, 0) is 50.7 Å². The third-order valence-corrected chi connectivity index (χ3v) is 4.38. The Morgan fingerprint density at radius 2 is 1.87 bits per heavy atom. The standard InChI is InChI=1S/C12H21NO2/c1-11(2)9-12(11,10(14)15)5-8-13-6-3-4-7-13/h3-9H2,1-2H3,(H,14,15). The average molecular weight is 211 g/mol. The van der Waals surface area contributed by atoms with Crippen molar-refractivity contribution in [3.05, 3.63) is 0 Å². The Morgan fingerprint density at radius 1 is 1.33 bits per heavy atom. The summed E-state index contributed by atoms with van der Waals surface area (Å²) in [5, 5.41) is 9.29. The summed E-state index contributed by atoms with van der Waals surface area (Å²) >= 11 is 0. The van der Waals surface area contributed by atoms with Crippen LogP contribution in [-0.2, 0) is 4.79 Å². The molecule has 1 saturated heterocycles. The quantitative estimate of drug-likeness (QED) is 0.773. The van der Waals surface area contributed by atoms with Crippen molar-refractivity contribution in [1.82, 2.24) is 4.90 Å². The smallest absolute Gasteiger partial charge is 0.310 e. The topological polar surface area (TPSA) is 40.5 Å². The van der Waals surface area contributed by atoms with E-state index in [1.165, 1.54) is 12.8 Å². The minimum atomic E-state index is -0.591. The zero-order valence-electron chi connectivity index (χ0n) is 9.75. The maximum atomic E-state index is 11.3. The van der Waals surface area contributed by atoms with E-state index in [0.29, 0.717) is 0 Å². The zero-order chi connectivity index (χ0) is 11.1. The molecule has 1 aliphatic carbocycles. The summed E-state index contributed by atoms with van der Waals surface area (Å²) in [7, 11) is 0. The van der Waals surface area contributed by atoms with Crippen LogP contribution in [-0.4, -0.2) is 35.6 Å². The number of rotatable bonds is 4. The van der Waals surface area contributed by atoms with Gasteiger partial charge in [-0.2, -0.15) is 0 Å². The summed E-state index contributed by atoms with van der Waals surface area (Å²) in [6, 6.07) is 0. The Balaban J connectivity index is 1.89. The van der Waals surface area contributed by atoms with Gasteiger partial charge in [0.2, 0.25) is 0 Å². The molecule has 3 nitrogen and oxygen atoms in total. The number of hydrogen-bond acceptors (Lipinski definition) is 2. The van der Waals surface area contributed by atoms with E-state index in [1.54, 1.807) is 0 Å². The number of carboxylic acid groups (broad SMARTS) is 1. The molecule has 1 N–H and O–H groups in total. The normalized spacial score (nSPS) is 34.3. The lowest BCUT2D eigenvalue weighted by molar-refractivity contribution is -0.145. The Morgan fingerprint density at radius 3 is 2.27 bits per heavy atom. The SMILES string of the molecule is CC1(C)CC1(CCN1CCCC1)C(=O)O. The highest BCUT2D eigenvalue weighted by Crippen LogP contribution is 2.65. The number of likely N-dealkylation sites (tertiary alicyclic amines) is 1. The van der Waals surface area contributed by atoms with Crippen molar-refractivity contribution in [3.8, 4) is 0 Å². The second-order valence-electron chi connectivity index (χ2n) is 5.75. The maximum absolute atomic E-state index is 11.3. The van der Waals surface area contributed by atoms with Crippen LogP contribution in [0.25, 0.3) is 0 Å². The van der Waals surface area contributed by atoms with Gasteiger partial charge in [0.05, 0.1) is 5.41 Å². The fourth-order valence-corrected chi connectivity index (χ4v) is 2.96. The van der Waals surface area contributed by atoms with Gasteiger partial charge in [-0.1, -0.05) is 13.8 Å². The zero-order valence-corrected chi connectivity index (χ0v) is 9.75. The number of carboxylic acids is 1. The molecule has 1 saturated carbocycles. The molecule has 0 spiro atoms. The number of aliphatic carboxylic acids is 1. The Hall–Kier alpha value is -0.570. The van der Waals surface area contributed by atoms with E-state index in [1.807, 2.05) is 0 Å². The van der Waals surface area contributed by atoms with Gasteiger partial charge in [0.25, 0.3) is 0 Å². The van der Waals surface area contributed by atoms with Crippen molar-refractivity contribution >= 4 is 5.97 Å². The lowest BCUT2D eigenvalue weighted by atomic mass is 9.92. The van der Waals surface area contributed by atoms with E-state index < -0.39 is 11.4 Å². The summed E-state index contributed by atoms with van der Waals surface area (Å²) in [4.78, 5) is 13.7. The predicted molar refractivity (Wildman–Crippen MR) is 58.8 cm³/mol. The predicted octanol–water partition coefficient (Wildman–Crippen LogP) is 1.97. The molecule has 2 rings (SSSR count). The molecule has 1 unspecified atom stereocenters. The summed E-state index contributed by atoms with van der Waals surface area (Å²) in [6.07, 6.45) is 4.24. The Bertz CT molecular complexity index is 269. The summed E-state index contributed by atoms with van der Waals surface area (Å²) in [5.74, 6) is -0.591. The van der Waals surface area contributed by atoms with Crippen LogP contribution in [0.5, 0.6) is 0 Å². The third kappa shape index (κ3) is 1.78. The van der Waals surface area contributed by atoms with Gasteiger partial charge >= 0.3 is 5.97 Å². The number of nitrogens with zero attached hydrogens (tertiary/aromatic N) is 1. The molecule has 0 radical (unpaired) electrons. The van der Waals surface area contributed by atoms with Crippen molar-refractivity contribution in [2.45, 2.75) is 39.5 Å². The van der Waals surface area contributed by atoms with Crippen LogP contribution in [0.4, 0.5) is 0 Å². The molecule has 1 atom stereocenters. The van der Waals surface area contributed by atoms with Gasteiger partial charge in [0.1, 0.15) is 0 Å².